The molecule has 5 nitrogen and oxygen atoms in total. The van der Waals surface area contributed by atoms with Crippen LogP contribution in [0.25, 0.3) is 0 Å². The molecule has 0 amide bonds. The van der Waals surface area contributed by atoms with Crippen LogP contribution in [0.1, 0.15) is 11.1 Å². The maximum absolute atomic E-state index is 13.6. The minimum absolute atomic E-state index is 0.0288. The summed E-state index contributed by atoms with van der Waals surface area (Å²) >= 11 is 0. The average Bonchev–Trinajstić information content (AvgIpc) is 2.69. The third-order valence-electron chi connectivity index (χ3n) is 4.13. The van der Waals surface area contributed by atoms with E-state index in [9.17, 15) is 12.8 Å². The summed E-state index contributed by atoms with van der Waals surface area (Å²) in [6, 6.07) is 14.0. The largest absolute Gasteiger partial charge is 0.497 e. The van der Waals surface area contributed by atoms with Crippen LogP contribution in [0.15, 0.2) is 71.9 Å². The Balaban J connectivity index is 2.08. The molecule has 27 heavy (non-hydrogen) atoms. The molecular formula is C20H19FN2O3S. The molecule has 140 valence electrons. The van der Waals surface area contributed by atoms with Crippen molar-refractivity contribution in [1.82, 2.24) is 4.98 Å². The van der Waals surface area contributed by atoms with Gasteiger partial charge in [0.25, 0.3) is 10.0 Å². The van der Waals surface area contributed by atoms with Crippen LogP contribution in [0.5, 0.6) is 5.75 Å². The summed E-state index contributed by atoms with van der Waals surface area (Å²) in [5, 5.41) is 0. The quantitative estimate of drug-likeness (QED) is 0.644. The van der Waals surface area contributed by atoms with Crippen molar-refractivity contribution >= 4 is 15.7 Å². The lowest BCUT2D eigenvalue weighted by atomic mass is 10.2. The maximum atomic E-state index is 13.6. The molecule has 3 aromatic rings. The summed E-state index contributed by atoms with van der Waals surface area (Å²) in [4.78, 5) is 4.08. The number of benzene rings is 2. The number of anilines is 1. The first-order chi connectivity index (χ1) is 12.9. The standard InChI is InChI=1S/C20H19FN2O3S/c1-15-12-19(9-10-20(15)21)27(24,25)23(14-16-4-3-11-22-13-16)17-5-7-18(26-2)8-6-17/h3-13H,14H2,1-2H3. The smallest absolute Gasteiger partial charge is 0.264 e. The molecule has 0 aliphatic heterocycles. The van der Waals surface area contributed by atoms with Crippen molar-refractivity contribution in [2.75, 3.05) is 11.4 Å². The Morgan fingerprint density at radius 3 is 2.44 bits per heavy atom. The van der Waals surface area contributed by atoms with Gasteiger partial charge in [0.15, 0.2) is 0 Å². The molecule has 0 bridgehead atoms. The molecule has 0 atom stereocenters. The van der Waals surface area contributed by atoms with Crippen LogP contribution in [0.2, 0.25) is 0 Å². The zero-order valence-corrected chi connectivity index (χ0v) is 15.8. The number of aryl methyl sites for hydroxylation is 1. The molecular weight excluding hydrogens is 367 g/mol. The molecule has 0 aliphatic rings. The predicted octanol–water partition coefficient (Wildman–Crippen LogP) is 3.93. The zero-order valence-electron chi connectivity index (χ0n) is 15.0. The number of hydrogen-bond donors (Lipinski definition) is 0. The summed E-state index contributed by atoms with van der Waals surface area (Å²) in [7, 11) is -2.37. The minimum Gasteiger partial charge on any atom is -0.497 e. The number of hydrogen-bond acceptors (Lipinski definition) is 4. The van der Waals surface area contributed by atoms with E-state index in [1.54, 1.807) is 55.9 Å². The van der Waals surface area contributed by atoms with Crippen molar-refractivity contribution in [3.63, 3.8) is 0 Å². The van der Waals surface area contributed by atoms with Crippen molar-refractivity contribution in [3.05, 3.63) is 83.9 Å². The number of halogens is 1. The Kier molecular flexibility index (Phi) is 5.41. The first-order valence-corrected chi connectivity index (χ1v) is 9.67. The van der Waals surface area contributed by atoms with Gasteiger partial charge in [-0.05, 0) is 66.6 Å². The highest BCUT2D eigenvalue weighted by Crippen LogP contribution is 2.28. The third-order valence-corrected chi connectivity index (χ3v) is 5.90. The lowest BCUT2D eigenvalue weighted by molar-refractivity contribution is 0.415. The van der Waals surface area contributed by atoms with E-state index in [1.165, 1.54) is 29.4 Å². The summed E-state index contributed by atoms with van der Waals surface area (Å²) < 4.78 is 46.6. The van der Waals surface area contributed by atoms with Gasteiger partial charge >= 0.3 is 0 Å². The zero-order chi connectivity index (χ0) is 19.4. The van der Waals surface area contributed by atoms with Crippen molar-refractivity contribution in [1.29, 1.82) is 0 Å². The van der Waals surface area contributed by atoms with Crippen LogP contribution in [0, 0.1) is 12.7 Å². The Bertz CT molecular complexity index is 1020. The number of sulfonamides is 1. The van der Waals surface area contributed by atoms with Gasteiger partial charge in [-0.15, -0.1) is 0 Å². The topological polar surface area (TPSA) is 59.5 Å². The summed E-state index contributed by atoms with van der Waals surface area (Å²) in [5.74, 6) is 0.173. The first kappa shape index (κ1) is 18.8. The number of aromatic nitrogens is 1. The maximum Gasteiger partial charge on any atom is 0.264 e. The number of pyridine rings is 1. The molecule has 2 aromatic carbocycles. The minimum atomic E-state index is -3.91. The molecule has 0 aliphatic carbocycles. The van der Waals surface area contributed by atoms with Gasteiger partial charge in [0.1, 0.15) is 11.6 Å². The Labute approximate surface area is 158 Å². The van der Waals surface area contributed by atoms with E-state index >= 15 is 0 Å². The monoisotopic (exact) mass is 386 g/mol. The van der Waals surface area contributed by atoms with Crippen LogP contribution in [0.3, 0.4) is 0 Å². The van der Waals surface area contributed by atoms with Gasteiger partial charge in [-0.1, -0.05) is 6.07 Å². The Morgan fingerprint density at radius 1 is 1.11 bits per heavy atom. The highest BCUT2D eigenvalue weighted by atomic mass is 32.2. The van der Waals surface area contributed by atoms with Gasteiger partial charge in [0.2, 0.25) is 0 Å². The van der Waals surface area contributed by atoms with Crippen molar-refractivity contribution in [2.45, 2.75) is 18.4 Å². The van der Waals surface area contributed by atoms with Crippen LogP contribution in [0.4, 0.5) is 10.1 Å². The van der Waals surface area contributed by atoms with Gasteiger partial charge in [0.05, 0.1) is 24.2 Å². The molecule has 0 spiro atoms. The molecule has 7 heteroatoms. The van der Waals surface area contributed by atoms with Gasteiger partial charge in [0, 0.05) is 12.4 Å². The lowest BCUT2D eigenvalue weighted by Gasteiger charge is -2.25. The van der Waals surface area contributed by atoms with E-state index in [2.05, 4.69) is 4.98 Å². The fourth-order valence-corrected chi connectivity index (χ4v) is 4.16. The predicted molar refractivity (Wildman–Crippen MR) is 102 cm³/mol. The van der Waals surface area contributed by atoms with Crippen LogP contribution in [-0.2, 0) is 16.6 Å². The molecule has 0 saturated carbocycles. The van der Waals surface area contributed by atoms with E-state index in [4.69, 9.17) is 4.74 Å². The molecule has 0 N–H and O–H groups in total. The molecule has 1 aromatic heterocycles. The lowest BCUT2D eigenvalue weighted by Crippen LogP contribution is -2.30. The van der Waals surface area contributed by atoms with Gasteiger partial charge in [-0.3, -0.25) is 9.29 Å². The highest BCUT2D eigenvalue weighted by Gasteiger charge is 2.26. The number of ether oxygens (including phenoxy) is 1. The summed E-state index contributed by atoms with van der Waals surface area (Å²) in [6.45, 7) is 1.63. The molecule has 1 heterocycles. The normalized spacial score (nSPS) is 11.2. The SMILES string of the molecule is COc1ccc(N(Cc2cccnc2)S(=O)(=O)c2ccc(F)c(C)c2)cc1. The van der Waals surface area contributed by atoms with Crippen molar-refractivity contribution in [3.8, 4) is 5.75 Å². The highest BCUT2D eigenvalue weighted by molar-refractivity contribution is 7.92. The van der Waals surface area contributed by atoms with Gasteiger partial charge < -0.3 is 4.74 Å². The van der Waals surface area contributed by atoms with Crippen molar-refractivity contribution < 1.29 is 17.5 Å². The summed E-state index contributed by atoms with van der Waals surface area (Å²) in [6.07, 6.45) is 3.24. The van der Waals surface area contributed by atoms with Crippen LogP contribution < -0.4 is 9.04 Å². The second-order valence-corrected chi connectivity index (χ2v) is 7.84. The third kappa shape index (κ3) is 4.09. The second kappa shape index (κ2) is 7.75. The summed E-state index contributed by atoms with van der Waals surface area (Å²) in [5.41, 5.74) is 1.48. The van der Waals surface area contributed by atoms with Gasteiger partial charge in [-0.2, -0.15) is 0 Å². The fraction of sp³-hybridized carbons (Fsp3) is 0.150. The van der Waals surface area contributed by atoms with E-state index in [-0.39, 0.29) is 17.0 Å². The molecule has 0 unspecified atom stereocenters. The van der Waals surface area contributed by atoms with E-state index in [1.807, 2.05) is 0 Å². The molecule has 3 rings (SSSR count). The van der Waals surface area contributed by atoms with Gasteiger partial charge in [-0.25, -0.2) is 12.8 Å². The molecule has 0 radical (unpaired) electrons. The number of rotatable bonds is 6. The van der Waals surface area contributed by atoms with E-state index in [0.717, 1.165) is 5.56 Å². The number of nitrogens with zero attached hydrogens (tertiary/aromatic N) is 2. The second-order valence-electron chi connectivity index (χ2n) is 5.98. The molecule has 0 saturated heterocycles. The van der Waals surface area contributed by atoms with E-state index < -0.39 is 15.8 Å². The van der Waals surface area contributed by atoms with E-state index in [0.29, 0.717) is 11.4 Å². The Hall–Kier alpha value is -2.93. The molecule has 0 fully saturated rings. The number of methoxy groups -OCH3 is 1. The first-order valence-electron chi connectivity index (χ1n) is 8.23. The fourth-order valence-electron chi connectivity index (χ4n) is 2.63. The Morgan fingerprint density at radius 2 is 1.85 bits per heavy atom. The average molecular weight is 386 g/mol. The van der Waals surface area contributed by atoms with Crippen LogP contribution >= 0.6 is 0 Å². The van der Waals surface area contributed by atoms with Crippen LogP contribution in [-0.4, -0.2) is 20.5 Å². The van der Waals surface area contributed by atoms with Crippen molar-refractivity contribution in [2.24, 2.45) is 0 Å².